The molecule has 1 aliphatic rings. The van der Waals surface area contributed by atoms with Crippen molar-refractivity contribution in [2.45, 2.75) is 19.4 Å². The Balaban J connectivity index is 1.89. The maximum atomic E-state index is 12.7. The van der Waals surface area contributed by atoms with E-state index in [0.29, 0.717) is 11.5 Å². The summed E-state index contributed by atoms with van der Waals surface area (Å²) in [5.74, 6) is 0.700. The van der Waals surface area contributed by atoms with Crippen molar-refractivity contribution in [2.75, 3.05) is 6.54 Å². The van der Waals surface area contributed by atoms with Crippen LogP contribution in [0.4, 0.5) is 0 Å². The highest BCUT2D eigenvalue weighted by Crippen LogP contribution is 2.43. The lowest BCUT2D eigenvalue weighted by molar-refractivity contribution is 0.0746. The van der Waals surface area contributed by atoms with Gasteiger partial charge in [-0.05, 0) is 30.0 Å². The molecule has 3 aromatic heterocycles. The molecule has 112 valence electrons. The van der Waals surface area contributed by atoms with Gasteiger partial charge < -0.3 is 9.32 Å². The summed E-state index contributed by atoms with van der Waals surface area (Å²) in [6.45, 7) is 2.80. The molecule has 5 nitrogen and oxygen atoms in total. The lowest BCUT2D eigenvalue weighted by Gasteiger charge is -2.24. The van der Waals surface area contributed by atoms with Gasteiger partial charge in [0.2, 0.25) is 0 Å². The summed E-state index contributed by atoms with van der Waals surface area (Å²) >= 11 is 1.66. The number of carbonyl (C=O) groups is 1. The van der Waals surface area contributed by atoms with Crippen LogP contribution in [-0.2, 0) is 0 Å². The zero-order valence-electron chi connectivity index (χ0n) is 12.1. The number of aromatic amines is 1. The summed E-state index contributed by atoms with van der Waals surface area (Å²) in [5, 5.41) is 9.27. The number of amides is 1. The van der Waals surface area contributed by atoms with Crippen molar-refractivity contribution >= 4 is 17.2 Å². The summed E-state index contributed by atoms with van der Waals surface area (Å²) in [7, 11) is 0. The quantitative estimate of drug-likeness (QED) is 0.799. The number of nitrogens with one attached hydrogen (secondary N) is 1. The van der Waals surface area contributed by atoms with Gasteiger partial charge in [0.15, 0.2) is 11.5 Å². The third-order valence-corrected chi connectivity index (χ3v) is 4.82. The van der Waals surface area contributed by atoms with Gasteiger partial charge in [-0.25, -0.2) is 0 Å². The SMILES string of the molecule is CCCN1C(=O)c2n[nH]c(-c3ccco3)c2[C@H]1c1cccs1. The number of rotatable bonds is 4. The molecule has 0 fully saturated rings. The molecule has 6 heteroatoms. The monoisotopic (exact) mass is 313 g/mol. The summed E-state index contributed by atoms with van der Waals surface area (Å²) in [5.41, 5.74) is 2.24. The maximum absolute atomic E-state index is 12.7. The Morgan fingerprint density at radius 1 is 1.41 bits per heavy atom. The van der Waals surface area contributed by atoms with Gasteiger partial charge in [0.05, 0.1) is 12.3 Å². The average molecular weight is 313 g/mol. The molecule has 4 heterocycles. The Labute approximate surface area is 131 Å². The van der Waals surface area contributed by atoms with Gasteiger partial charge in [0, 0.05) is 17.0 Å². The molecule has 1 N–H and O–H groups in total. The number of furan rings is 1. The fourth-order valence-corrected chi connectivity index (χ4v) is 3.86. The van der Waals surface area contributed by atoms with Crippen LogP contribution in [0.5, 0.6) is 0 Å². The van der Waals surface area contributed by atoms with Crippen molar-refractivity contribution < 1.29 is 9.21 Å². The molecule has 1 amide bonds. The van der Waals surface area contributed by atoms with Crippen LogP contribution < -0.4 is 0 Å². The van der Waals surface area contributed by atoms with E-state index in [2.05, 4.69) is 23.2 Å². The Kier molecular flexibility index (Phi) is 3.11. The van der Waals surface area contributed by atoms with E-state index < -0.39 is 0 Å². The predicted molar refractivity (Wildman–Crippen MR) is 83.8 cm³/mol. The van der Waals surface area contributed by atoms with E-state index in [1.165, 1.54) is 0 Å². The van der Waals surface area contributed by atoms with Crippen molar-refractivity contribution in [3.63, 3.8) is 0 Å². The zero-order chi connectivity index (χ0) is 15.1. The second-order valence-electron chi connectivity index (χ2n) is 5.25. The van der Waals surface area contributed by atoms with Crippen LogP contribution >= 0.6 is 11.3 Å². The molecule has 3 aromatic rings. The molecule has 0 saturated heterocycles. The van der Waals surface area contributed by atoms with Crippen molar-refractivity contribution in [2.24, 2.45) is 0 Å². The lowest BCUT2D eigenvalue weighted by Crippen LogP contribution is -2.29. The Morgan fingerprint density at radius 2 is 2.32 bits per heavy atom. The van der Waals surface area contributed by atoms with Gasteiger partial charge in [-0.2, -0.15) is 5.10 Å². The zero-order valence-corrected chi connectivity index (χ0v) is 12.9. The predicted octanol–water partition coefficient (Wildman–Crippen LogP) is 3.69. The van der Waals surface area contributed by atoms with Gasteiger partial charge in [-0.15, -0.1) is 11.3 Å². The number of thiophene rings is 1. The fourth-order valence-electron chi connectivity index (χ4n) is 3.01. The molecule has 0 radical (unpaired) electrons. The highest BCUT2D eigenvalue weighted by molar-refractivity contribution is 7.10. The standard InChI is InChI=1S/C16H15N3O2S/c1-2-7-19-15(11-6-4-9-22-11)12-13(10-5-3-8-21-10)17-18-14(12)16(19)20/h3-6,8-9,15H,2,7H2,1H3,(H,17,18)/t15-/m1/s1. The second kappa shape index (κ2) is 5.14. The molecule has 0 aromatic carbocycles. The van der Waals surface area contributed by atoms with Crippen molar-refractivity contribution in [1.82, 2.24) is 15.1 Å². The smallest absolute Gasteiger partial charge is 0.275 e. The van der Waals surface area contributed by atoms with E-state index in [0.717, 1.165) is 29.1 Å². The molecule has 0 unspecified atom stereocenters. The summed E-state index contributed by atoms with van der Waals surface area (Å²) in [4.78, 5) is 15.7. The number of hydrogen-bond acceptors (Lipinski definition) is 4. The van der Waals surface area contributed by atoms with Crippen LogP contribution in [0.1, 0.15) is 40.3 Å². The average Bonchev–Trinajstić information content (AvgIpc) is 3.26. The third kappa shape index (κ3) is 1.84. The summed E-state index contributed by atoms with van der Waals surface area (Å²) in [6.07, 6.45) is 2.54. The minimum Gasteiger partial charge on any atom is -0.463 e. The van der Waals surface area contributed by atoms with E-state index >= 15 is 0 Å². The Morgan fingerprint density at radius 3 is 3.00 bits per heavy atom. The van der Waals surface area contributed by atoms with Gasteiger partial charge >= 0.3 is 0 Å². The third-order valence-electron chi connectivity index (χ3n) is 3.90. The molecule has 1 aliphatic heterocycles. The number of nitrogens with zero attached hydrogens (tertiary/aromatic N) is 2. The van der Waals surface area contributed by atoms with Gasteiger partial charge in [0.25, 0.3) is 5.91 Å². The fraction of sp³-hybridized carbons (Fsp3) is 0.250. The van der Waals surface area contributed by atoms with Gasteiger partial charge in [-0.3, -0.25) is 9.89 Å². The number of fused-ring (bicyclic) bond motifs is 1. The highest BCUT2D eigenvalue weighted by atomic mass is 32.1. The first-order chi connectivity index (χ1) is 10.8. The summed E-state index contributed by atoms with van der Waals surface area (Å²) in [6, 6.07) is 7.72. The van der Waals surface area contributed by atoms with Crippen molar-refractivity contribution in [1.29, 1.82) is 0 Å². The second-order valence-corrected chi connectivity index (χ2v) is 6.23. The van der Waals surface area contributed by atoms with Crippen LogP contribution in [0, 0.1) is 0 Å². The van der Waals surface area contributed by atoms with Crippen LogP contribution in [-0.4, -0.2) is 27.5 Å². The first-order valence-corrected chi connectivity index (χ1v) is 8.15. The topological polar surface area (TPSA) is 62.1 Å². The minimum atomic E-state index is -0.0821. The first kappa shape index (κ1) is 13.3. The van der Waals surface area contributed by atoms with E-state index in [9.17, 15) is 4.79 Å². The molecule has 0 saturated carbocycles. The minimum absolute atomic E-state index is 0.00990. The highest BCUT2D eigenvalue weighted by Gasteiger charge is 2.42. The number of H-pyrrole nitrogens is 1. The molecule has 4 rings (SSSR count). The summed E-state index contributed by atoms with van der Waals surface area (Å²) < 4.78 is 5.50. The number of hydrogen-bond donors (Lipinski definition) is 1. The van der Waals surface area contributed by atoms with E-state index in [-0.39, 0.29) is 11.9 Å². The molecule has 1 atom stereocenters. The lowest BCUT2D eigenvalue weighted by atomic mass is 10.0. The van der Waals surface area contributed by atoms with Crippen molar-refractivity contribution in [3.8, 4) is 11.5 Å². The van der Waals surface area contributed by atoms with E-state index in [1.54, 1.807) is 17.6 Å². The largest absolute Gasteiger partial charge is 0.463 e. The van der Waals surface area contributed by atoms with Gasteiger partial charge in [0.1, 0.15) is 5.69 Å². The van der Waals surface area contributed by atoms with Crippen LogP contribution in [0.2, 0.25) is 0 Å². The Bertz CT molecular complexity index is 790. The van der Waals surface area contributed by atoms with Gasteiger partial charge in [-0.1, -0.05) is 13.0 Å². The van der Waals surface area contributed by atoms with Crippen LogP contribution in [0.15, 0.2) is 40.3 Å². The number of aromatic nitrogens is 2. The first-order valence-electron chi connectivity index (χ1n) is 7.27. The van der Waals surface area contributed by atoms with Crippen LogP contribution in [0.3, 0.4) is 0 Å². The van der Waals surface area contributed by atoms with E-state index in [4.69, 9.17) is 4.42 Å². The molecule has 0 bridgehead atoms. The Hall–Kier alpha value is -2.34. The normalized spacial score (nSPS) is 17.2. The number of carbonyl (C=O) groups excluding carboxylic acids is 1. The van der Waals surface area contributed by atoms with E-state index in [1.807, 2.05) is 28.5 Å². The molecule has 0 spiro atoms. The molecular formula is C16H15N3O2S. The maximum Gasteiger partial charge on any atom is 0.275 e. The molecule has 22 heavy (non-hydrogen) atoms. The van der Waals surface area contributed by atoms with Crippen LogP contribution in [0.25, 0.3) is 11.5 Å². The van der Waals surface area contributed by atoms with Crippen molar-refractivity contribution in [3.05, 3.63) is 52.0 Å². The molecule has 0 aliphatic carbocycles. The molecular weight excluding hydrogens is 298 g/mol.